The van der Waals surface area contributed by atoms with Crippen molar-refractivity contribution in [2.75, 3.05) is 25.5 Å². The minimum absolute atomic E-state index is 0.0243. The molecule has 2 aliphatic rings. The molecule has 1 saturated carbocycles. The van der Waals surface area contributed by atoms with Gasteiger partial charge in [-0.3, -0.25) is 4.79 Å². The number of benzene rings is 1. The Labute approximate surface area is 148 Å². The zero-order valence-corrected chi connectivity index (χ0v) is 15.1. The number of hydrogen-bond acceptors (Lipinski definition) is 5. The summed E-state index contributed by atoms with van der Waals surface area (Å²) in [7, 11) is -3.53. The Hall–Kier alpha value is -1.76. The molecule has 3 rings (SSSR count). The normalized spacial score (nSPS) is 17.9. The van der Waals surface area contributed by atoms with E-state index in [0.717, 1.165) is 12.8 Å². The maximum absolute atomic E-state index is 12.5. The molecule has 7 heteroatoms. The Kier molecular flexibility index (Phi) is 5.83. The van der Waals surface area contributed by atoms with E-state index in [2.05, 4.69) is 5.32 Å². The highest BCUT2D eigenvalue weighted by atomic mass is 32.2. The van der Waals surface area contributed by atoms with Crippen molar-refractivity contribution < 1.29 is 22.7 Å². The van der Waals surface area contributed by atoms with Gasteiger partial charge in [-0.05, 0) is 30.9 Å². The van der Waals surface area contributed by atoms with Crippen molar-refractivity contribution in [1.82, 2.24) is 5.32 Å². The van der Waals surface area contributed by atoms with Crippen LogP contribution in [0.2, 0.25) is 0 Å². The summed E-state index contributed by atoms with van der Waals surface area (Å²) < 4.78 is 35.7. The molecule has 138 valence electrons. The lowest BCUT2D eigenvalue weighted by Crippen LogP contribution is -2.31. The molecule has 6 nitrogen and oxygen atoms in total. The first-order valence-electron chi connectivity index (χ1n) is 8.94. The molecular weight excluding hydrogens is 342 g/mol. The number of nitrogens with one attached hydrogen (secondary N) is 1. The van der Waals surface area contributed by atoms with E-state index in [1.807, 2.05) is 0 Å². The van der Waals surface area contributed by atoms with Crippen molar-refractivity contribution in [2.45, 2.75) is 43.4 Å². The Morgan fingerprint density at radius 3 is 2.56 bits per heavy atom. The molecule has 25 heavy (non-hydrogen) atoms. The van der Waals surface area contributed by atoms with E-state index in [4.69, 9.17) is 9.47 Å². The highest BCUT2D eigenvalue weighted by Gasteiger charge is 2.21. The van der Waals surface area contributed by atoms with E-state index >= 15 is 0 Å². The van der Waals surface area contributed by atoms with Crippen molar-refractivity contribution >= 4 is 15.7 Å². The molecule has 0 radical (unpaired) electrons. The topological polar surface area (TPSA) is 81.7 Å². The van der Waals surface area contributed by atoms with Crippen LogP contribution >= 0.6 is 0 Å². The van der Waals surface area contributed by atoms with E-state index < -0.39 is 9.84 Å². The first-order chi connectivity index (χ1) is 12.0. The van der Waals surface area contributed by atoms with Gasteiger partial charge < -0.3 is 14.8 Å². The van der Waals surface area contributed by atoms with Crippen LogP contribution in [0.1, 0.15) is 38.5 Å². The predicted octanol–water partition coefficient (Wildman–Crippen LogP) is 2.32. The van der Waals surface area contributed by atoms with Gasteiger partial charge in [0.2, 0.25) is 5.91 Å². The first kappa shape index (κ1) is 18.0. The van der Waals surface area contributed by atoms with Crippen LogP contribution in [0.4, 0.5) is 0 Å². The Morgan fingerprint density at radius 1 is 1.08 bits per heavy atom. The van der Waals surface area contributed by atoms with Crippen LogP contribution in [0.15, 0.2) is 23.1 Å². The van der Waals surface area contributed by atoms with E-state index in [1.54, 1.807) is 6.07 Å². The standard InChI is InChI=1S/C18H25NO5S/c20-18(19-13-14-4-2-1-3-5-14)8-11-25(21,22)15-6-7-16-17(12-15)24-10-9-23-16/h6-7,12,14H,1-5,8-11,13H2,(H,19,20). The van der Waals surface area contributed by atoms with Crippen LogP contribution < -0.4 is 14.8 Å². The number of sulfone groups is 1. The number of amides is 1. The number of carbonyl (C=O) groups is 1. The molecule has 1 aliphatic carbocycles. The SMILES string of the molecule is O=C(CCS(=O)(=O)c1ccc2c(c1)OCCO2)NCC1CCCCC1. The monoisotopic (exact) mass is 367 g/mol. The maximum Gasteiger partial charge on any atom is 0.221 e. The van der Waals surface area contributed by atoms with Crippen molar-refractivity contribution in [3.05, 3.63) is 18.2 Å². The molecule has 1 heterocycles. The summed E-state index contributed by atoms with van der Waals surface area (Å²) in [6.45, 7) is 1.52. The van der Waals surface area contributed by atoms with Gasteiger partial charge in [-0.1, -0.05) is 19.3 Å². The van der Waals surface area contributed by atoms with E-state index in [0.29, 0.717) is 37.2 Å². The predicted molar refractivity (Wildman–Crippen MR) is 93.7 cm³/mol. The lowest BCUT2D eigenvalue weighted by molar-refractivity contribution is -0.120. The maximum atomic E-state index is 12.5. The summed E-state index contributed by atoms with van der Waals surface area (Å²) in [5.74, 6) is 1.12. The minimum Gasteiger partial charge on any atom is -0.486 e. The molecular formula is C18H25NO5S. The molecule has 0 atom stereocenters. The second-order valence-corrected chi connectivity index (χ2v) is 8.79. The van der Waals surface area contributed by atoms with Gasteiger partial charge in [-0.25, -0.2) is 8.42 Å². The average molecular weight is 367 g/mol. The van der Waals surface area contributed by atoms with Gasteiger partial charge in [-0.2, -0.15) is 0 Å². The van der Waals surface area contributed by atoms with Crippen molar-refractivity contribution in [3.8, 4) is 11.5 Å². The molecule has 0 bridgehead atoms. The van der Waals surface area contributed by atoms with Crippen LogP contribution in [0, 0.1) is 5.92 Å². The summed E-state index contributed by atoms with van der Waals surface area (Å²) in [4.78, 5) is 12.1. The van der Waals surface area contributed by atoms with Gasteiger partial charge >= 0.3 is 0 Å². The summed E-state index contributed by atoms with van der Waals surface area (Å²) >= 11 is 0. The molecule has 1 aromatic rings. The number of rotatable bonds is 6. The van der Waals surface area contributed by atoms with Crippen molar-refractivity contribution in [2.24, 2.45) is 5.92 Å². The molecule has 0 aromatic heterocycles. The fourth-order valence-corrected chi connectivity index (χ4v) is 4.55. The molecule has 1 aromatic carbocycles. The van der Waals surface area contributed by atoms with E-state index in [-0.39, 0.29) is 23.0 Å². The summed E-state index contributed by atoms with van der Waals surface area (Å²) in [5, 5.41) is 2.88. The highest BCUT2D eigenvalue weighted by molar-refractivity contribution is 7.91. The fraction of sp³-hybridized carbons (Fsp3) is 0.611. The van der Waals surface area contributed by atoms with Crippen molar-refractivity contribution in [1.29, 1.82) is 0 Å². The Bertz CT molecular complexity index is 710. The molecule has 1 amide bonds. The quantitative estimate of drug-likeness (QED) is 0.834. The van der Waals surface area contributed by atoms with Crippen LogP contribution in [0.25, 0.3) is 0 Å². The molecule has 1 N–H and O–H groups in total. The number of carbonyl (C=O) groups excluding carboxylic acids is 1. The van der Waals surface area contributed by atoms with Gasteiger partial charge in [0.05, 0.1) is 10.6 Å². The van der Waals surface area contributed by atoms with Gasteiger partial charge in [0.25, 0.3) is 0 Å². The van der Waals surface area contributed by atoms with Gasteiger partial charge in [0, 0.05) is 19.0 Å². The van der Waals surface area contributed by atoms with Crippen LogP contribution in [-0.2, 0) is 14.6 Å². The Morgan fingerprint density at radius 2 is 1.80 bits per heavy atom. The second-order valence-electron chi connectivity index (χ2n) is 6.68. The number of ether oxygens (including phenoxy) is 2. The highest BCUT2D eigenvalue weighted by Crippen LogP contribution is 2.32. The number of fused-ring (bicyclic) bond motifs is 1. The largest absolute Gasteiger partial charge is 0.486 e. The third-order valence-corrected chi connectivity index (χ3v) is 6.50. The van der Waals surface area contributed by atoms with Gasteiger partial charge in [0.1, 0.15) is 13.2 Å². The molecule has 0 unspecified atom stereocenters. The minimum atomic E-state index is -3.53. The molecule has 0 saturated heterocycles. The van der Waals surface area contributed by atoms with Crippen LogP contribution in [0.5, 0.6) is 11.5 Å². The number of hydrogen-bond donors (Lipinski definition) is 1. The van der Waals surface area contributed by atoms with Crippen molar-refractivity contribution in [3.63, 3.8) is 0 Å². The second kappa shape index (κ2) is 8.08. The zero-order chi connectivity index (χ0) is 17.7. The Balaban J connectivity index is 1.51. The lowest BCUT2D eigenvalue weighted by atomic mass is 9.89. The summed E-state index contributed by atoms with van der Waals surface area (Å²) in [5.41, 5.74) is 0. The summed E-state index contributed by atoms with van der Waals surface area (Å²) in [6.07, 6.45) is 5.99. The van der Waals surface area contributed by atoms with E-state index in [1.165, 1.54) is 31.4 Å². The smallest absolute Gasteiger partial charge is 0.221 e. The summed E-state index contributed by atoms with van der Waals surface area (Å²) in [6, 6.07) is 4.58. The van der Waals surface area contributed by atoms with E-state index in [9.17, 15) is 13.2 Å². The van der Waals surface area contributed by atoms with Gasteiger partial charge in [-0.15, -0.1) is 0 Å². The lowest BCUT2D eigenvalue weighted by Gasteiger charge is -2.21. The molecule has 1 aliphatic heterocycles. The third kappa shape index (κ3) is 4.87. The first-order valence-corrected chi connectivity index (χ1v) is 10.6. The average Bonchev–Trinajstić information content (AvgIpc) is 2.65. The molecule has 0 spiro atoms. The van der Waals surface area contributed by atoms with Crippen LogP contribution in [-0.4, -0.2) is 39.8 Å². The molecule has 1 fully saturated rings. The van der Waals surface area contributed by atoms with Crippen LogP contribution in [0.3, 0.4) is 0 Å². The fourth-order valence-electron chi connectivity index (χ4n) is 3.30. The third-order valence-electron chi connectivity index (χ3n) is 4.78. The van der Waals surface area contributed by atoms with Gasteiger partial charge in [0.15, 0.2) is 21.3 Å². The zero-order valence-electron chi connectivity index (χ0n) is 14.3.